The van der Waals surface area contributed by atoms with Crippen LogP contribution in [0.15, 0.2) is 11.1 Å². The normalized spacial score (nSPS) is 45.6. The minimum atomic E-state index is -0.657. The minimum absolute atomic E-state index is 0.105. The van der Waals surface area contributed by atoms with Crippen LogP contribution in [-0.4, -0.2) is 22.3 Å². The zero-order valence-corrected chi connectivity index (χ0v) is 19.8. The van der Waals surface area contributed by atoms with E-state index < -0.39 is 5.97 Å². The molecule has 0 bridgehead atoms. The number of carboxylic acids is 1. The Morgan fingerprint density at radius 1 is 0.967 bits per heavy atom. The fraction of sp³-hybridized carbons (Fsp3) is 0.889. The van der Waals surface area contributed by atoms with Gasteiger partial charge in [0.05, 0.1) is 6.10 Å². The summed E-state index contributed by atoms with van der Waals surface area (Å²) in [4.78, 5) is 10.8. The van der Waals surface area contributed by atoms with Crippen molar-refractivity contribution in [2.45, 2.75) is 117 Å². The summed E-state index contributed by atoms with van der Waals surface area (Å²) in [5.41, 5.74) is 4.69. The summed E-state index contributed by atoms with van der Waals surface area (Å²) in [6.07, 6.45) is 14.5. The summed E-state index contributed by atoms with van der Waals surface area (Å²) in [6.45, 7) is 10.0. The number of carboxylic acid groups (broad SMARTS) is 1. The molecule has 7 unspecified atom stereocenters. The maximum Gasteiger partial charge on any atom is 0.303 e. The molecule has 0 aromatic carbocycles. The van der Waals surface area contributed by atoms with Crippen LogP contribution in [0.25, 0.3) is 0 Å². The zero-order chi connectivity index (χ0) is 21.7. The SMILES string of the molecule is CC1C(O)CCC2(C)C3=C(CCC12)C1(C)CCC(CCCCCC(=O)O)C1(C)CC3. The van der Waals surface area contributed by atoms with Crippen LogP contribution in [0.4, 0.5) is 0 Å². The highest BCUT2D eigenvalue weighted by molar-refractivity contribution is 5.66. The van der Waals surface area contributed by atoms with Gasteiger partial charge in [0.25, 0.3) is 0 Å². The smallest absolute Gasteiger partial charge is 0.303 e. The zero-order valence-electron chi connectivity index (χ0n) is 19.8. The molecular weight excluding hydrogens is 372 g/mol. The summed E-state index contributed by atoms with van der Waals surface area (Å²) in [7, 11) is 0. The lowest BCUT2D eigenvalue weighted by Crippen LogP contribution is -2.51. The molecule has 4 rings (SSSR count). The average Bonchev–Trinajstić information content (AvgIpc) is 2.96. The molecule has 0 amide bonds. The van der Waals surface area contributed by atoms with Crippen molar-refractivity contribution < 1.29 is 15.0 Å². The fourth-order valence-electron chi connectivity index (χ4n) is 8.73. The van der Waals surface area contributed by atoms with Crippen molar-refractivity contribution in [3.63, 3.8) is 0 Å². The third kappa shape index (κ3) is 3.29. The summed E-state index contributed by atoms with van der Waals surface area (Å²) in [5, 5.41) is 19.4. The van der Waals surface area contributed by atoms with Crippen LogP contribution in [0.3, 0.4) is 0 Å². The predicted molar refractivity (Wildman–Crippen MR) is 121 cm³/mol. The Kier molecular flexibility index (Phi) is 5.92. The van der Waals surface area contributed by atoms with Crippen LogP contribution >= 0.6 is 0 Å². The van der Waals surface area contributed by atoms with Crippen LogP contribution in [-0.2, 0) is 4.79 Å². The molecule has 3 nitrogen and oxygen atoms in total. The Labute approximate surface area is 183 Å². The Hall–Kier alpha value is -0.830. The minimum Gasteiger partial charge on any atom is -0.481 e. The Morgan fingerprint density at radius 2 is 1.73 bits per heavy atom. The molecule has 4 aliphatic rings. The van der Waals surface area contributed by atoms with Gasteiger partial charge in [-0.25, -0.2) is 0 Å². The molecule has 0 spiro atoms. The van der Waals surface area contributed by atoms with Crippen molar-refractivity contribution >= 4 is 5.97 Å². The number of unbranched alkanes of at least 4 members (excludes halogenated alkanes) is 2. The molecule has 7 atom stereocenters. The molecule has 0 radical (unpaired) electrons. The number of aliphatic hydroxyl groups is 1. The fourth-order valence-corrected chi connectivity index (χ4v) is 8.73. The summed E-state index contributed by atoms with van der Waals surface area (Å²) in [5.74, 6) is 1.22. The van der Waals surface area contributed by atoms with Crippen LogP contribution in [0.2, 0.25) is 0 Å². The highest BCUT2D eigenvalue weighted by Crippen LogP contribution is 2.71. The van der Waals surface area contributed by atoms with E-state index in [1.807, 2.05) is 5.57 Å². The predicted octanol–water partition coefficient (Wildman–Crippen LogP) is 6.74. The van der Waals surface area contributed by atoms with Crippen molar-refractivity contribution in [3.05, 3.63) is 11.1 Å². The topological polar surface area (TPSA) is 57.5 Å². The van der Waals surface area contributed by atoms with Crippen molar-refractivity contribution in [2.24, 2.45) is 34.0 Å². The second kappa shape index (κ2) is 7.94. The number of aliphatic hydroxyl groups excluding tert-OH is 1. The van der Waals surface area contributed by atoms with Crippen molar-refractivity contribution in [1.29, 1.82) is 0 Å². The summed E-state index contributed by atoms with van der Waals surface area (Å²) < 4.78 is 0. The van der Waals surface area contributed by atoms with Crippen LogP contribution < -0.4 is 0 Å². The van der Waals surface area contributed by atoms with Crippen molar-refractivity contribution in [2.75, 3.05) is 0 Å². The Morgan fingerprint density at radius 3 is 2.47 bits per heavy atom. The van der Waals surface area contributed by atoms with Gasteiger partial charge in [-0.15, -0.1) is 0 Å². The van der Waals surface area contributed by atoms with E-state index in [0.717, 1.165) is 25.2 Å². The molecule has 0 aromatic rings. The highest BCUT2D eigenvalue weighted by Gasteiger charge is 2.61. The monoisotopic (exact) mass is 416 g/mol. The summed E-state index contributed by atoms with van der Waals surface area (Å²) >= 11 is 0. The number of allylic oxidation sites excluding steroid dienone is 2. The highest BCUT2D eigenvalue weighted by atomic mass is 16.4. The van der Waals surface area contributed by atoms with Gasteiger partial charge in [-0.3, -0.25) is 4.79 Å². The molecule has 0 aliphatic heterocycles. The lowest BCUT2D eigenvalue weighted by Gasteiger charge is -2.59. The molecule has 170 valence electrons. The number of hydrogen-bond donors (Lipinski definition) is 2. The third-order valence-electron chi connectivity index (χ3n) is 10.9. The van der Waals surface area contributed by atoms with Gasteiger partial charge in [-0.2, -0.15) is 0 Å². The standard InChI is InChI=1S/C27H44O3/c1-18-20-10-11-22-21(25(20,2)15-14-23(18)28)13-17-26(3)19(12-16-27(22,26)4)8-6-5-7-9-24(29)30/h18-20,23,28H,5-17H2,1-4H3,(H,29,30). The van der Waals surface area contributed by atoms with Crippen molar-refractivity contribution in [1.82, 2.24) is 0 Å². The van der Waals surface area contributed by atoms with E-state index in [0.29, 0.717) is 34.5 Å². The molecule has 2 N–H and O–H groups in total. The molecule has 0 aromatic heterocycles. The van der Waals surface area contributed by atoms with Gasteiger partial charge in [0.1, 0.15) is 0 Å². The molecule has 3 heteroatoms. The maximum atomic E-state index is 10.8. The largest absolute Gasteiger partial charge is 0.481 e. The van der Waals surface area contributed by atoms with Gasteiger partial charge < -0.3 is 10.2 Å². The molecular formula is C27H44O3. The quantitative estimate of drug-likeness (QED) is 0.372. The van der Waals surface area contributed by atoms with Crippen molar-refractivity contribution in [3.8, 4) is 0 Å². The van der Waals surface area contributed by atoms with Gasteiger partial charge in [0, 0.05) is 6.42 Å². The number of rotatable bonds is 6. The van der Waals surface area contributed by atoms with E-state index >= 15 is 0 Å². The van der Waals surface area contributed by atoms with Gasteiger partial charge in [-0.05, 0) is 98.2 Å². The summed E-state index contributed by atoms with van der Waals surface area (Å²) in [6, 6.07) is 0. The van der Waals surface area contributed by atoms with Gasteiger partial charge in [0.15, 0.2) is 0 Å². The lowest BCUT2D eigenvalue weighted by molar-refractivity contribution is -0.137. The second-order valence-electron chi connectivity index (χ2n) is 12.0. The molecule has 4 aliphatic carbocycles. The molecule has 2 fully saturated rings. The van der Waals surface area contributed by atoms with Gasteiger partial charge in [-0.1, -0.05) is 51.7 Å². The number of aliphatic carboxylic acids is 1. The van der Waals surface area contributed by atoms with E-state index in [1.54, 1.807) is 5.57 Å². The first-order chi connectivity index (χ1) is 14.1. The first-order valence-corrected chi connectivity index (χ1v) is 12.8. The number of hydrogen-bond acceptors (Lipinski definition) is 2. The second-order valence-corrected chi connectivity index (χ2v) is 12.0. The van der Waals surface area contributed by atoms with Gasteiger partial charge in [0.2, 0.25) is 0 Å². The van der Waals surface area contributed by atoms with Gasteiger partial charge >= 0.3 is 5.97 Å². The maximum absolute atomic E-state index is 10.8. The molecule has 0 heterocycles. The lowest BCUT2D eigenvalue weighted by atomic mass is 9.45. The van der Waals surface area contributed by atoms with Crippen LogP contribution in [0.5, 0.6) is 0 Å². The van der Waals surface area contributed by atoms with Crippen LogP contribution in [0, 0.1) is 34.0 Å². The number of carbonyl (C=O) groups is 1. The first-order valence-electron chi connectivity index (χ1n) is 12.8. The molecule has 0 saturated heterocycles. The van der Waals surface area contributed by atoms with E-state index in [1.165, 1.54) is 57.8 Å². The van der Waals surface area contributed by atoms with Crippen LogP contribution in [0.1, 0.15) is 111 Å². The van der Waals surface area contributed by atoms with E-state index in [9.17, 15) is 9.90 Å². The Bertz CT molecular complexity index is 711. The number of fused-ring (bicyclic) bond motifs is 4. The average molecular weight is 417 g/mol. The van der Waals surface area contributed by atoms with E-state index in [4.69, 9.17) is 5.11 Å². The molecule has 30 heavy (non-hydrogen) atoms. The first kappa shape index (κ1) is 22.4. The molecule has 2 saturated carbocycles. The van der Waals surface area contributed by atoms with E-state index in [2.05, 4.69) is 27.7 Å². The van der Waals surface area contributed by atoms with E-state index in [-0.39, 0.29) is 6.10 Å². The Balaban J connectivity index is 1.52. The third-order valence-corrected chi connectivity index (χ3v) is 10.9.